The first-order valence-electron chi connectivity index (χ1n) is 6.50. The minimum atomic E-state index is -0.950. The SMILES string of the molecule is O=C(O)/C=C/c1ccc(Cc2nc3ncccc3[nH]2)cc1. The van der Waals surface area contributed by atoms with Gasteiger partial charge in [0.2, 0.25) is 0 Å². The van der Waals surface area contributed by atoms with Gasteiger partial charge < -0.3 is 10.1 Å². The number of hydrogen-bond acceptors (Lipinski definition) is 3. The van der Waals surface area contributed by atoms with Gasteiger partial charge in [0.05, 0.1) is 5.52 Å². The number of aliphatic carboxylic acids is 1. The molecule has 2 N–H and O–H groups in total. The molecule has 0 fully saturated rings. The average molecular weight is 279 g/mol. The zero-order valence-corrected chi connectivity index (χ0v) is 11.2. The average Bonchev–Trinajstić information content (AvgIpc) is 2.88. The second kappa shape index (κ2) is 5.58. The number of hydrogen-bond donors (Lipinski definition) is 2. The highest BCUT2D eigenvalue weighted by Crippen LogP contribution is 2.13. The van der Waals surface area contributed by atoms with Crippen LogP contribution in [0.3, 0.4) is 0 Å². The van der Waals surface area contributed by atoms with E-state index >= 15 is 0 Å². The summed E-state index contributed by atoms with van der Waals surface area (Å²) >= 11 is 0. The number of benzene rings is 1. The molecular weight excluding hydrogens is 266 g/mol. The summed E-state index contributed by atoms with van der Waals surface area (Å²) in [7, 11) is 0. The van der Waals surface area contributed by atoms with Crippen LogP contribution in [0.2, 0.25) is 0 Å². The molecule has 0 radical (unpaired) electrons. The first-order valence-corrected chi connectivity index (χ1v) is 6.50. The molecule has 104 valence electrons. The van der Waals surface area contributed by atoms with Crippen LogP contribution in [-0.2, 0) is 11.2 Å². The van der Waals surface area contributed by atoms with Crippen LogP contribution in [0.1, 0.15) is 17.0 Å². The zero-order valence-electron chi connectivity index (χ0n) is 11.2. The number of imidazole rings is 1. The van der Waals surface area contributed by atoms with Crippen LogP contribution in [0.25, 0.3) is 17.2 Å². The van der Waals surface area contributed by atoms with Crippen molar-refractivity contribution in [3.63, 3.8) is 0 Å². The van der Waals surface area contributed by atoms with E-state index in [0.717, 1.165) is 28.5 Å². The van der Waals surface area contributed by atoms with Crippen LogP contribution >= 0.6 is 0 Å². The highest BCUT2D eigenvalue weighted by atomic mass is 16.4. The van der Waals surface area contributed by atoms with Gasteiger partial charge in [0.1, 0.15) is 5.82 Å². The highest BCUT2D eigenvalue weighted by molar-refractivity contribution is 5.85. The number of carboxylic acid groups (broad SMARTS) is 1. The monoisotopic (exact) mass is 279 g/mol. The maximum absolute atomic E-state index is 10.5. The van der Waals surface area contributed by atoms with Gasteiger partial charge in [0, 0.05) is 18.7 Å². The Labute approximate surface area is 121 Å². The second-order valence-electron chi connectivity index (χ2n) is 4.65. The second-order valence-corrected chi connectivity index (χ2v) is 4.65. The van der Waals surface area contributed by atoms with Gasteiger partial charge in [-0.05, 0) is 29.3 Å². The van der Waals surface area contributed by atoms with Gasteiger partial charge in [-0.2, -0.15) is 0 Å². The van der Waals surface area contributed by atoms with E-state index < -0.39 is 5.97 Å². The summed E-state index contributed by atoms with van der Waals surface area (Å²) in [5.41, 5.74) is 3.59. The molecule has 1 aromatic carbocycles. The fourth-order valence-electron chi connectivity index (χ4n) is 2.09. The molecule has 0 unspecified atom stereocenters. The lowest BCUT2D eigenvalue weighted by atomic mass is 10.1. The minimum Gasteiger partial charge on any atom is -0.478 e. The molecule has 2 aromatic heterocycles. The van der Waals surface area contributed by atoms with Crippen LogP contribution in [0.4, 0.5) is 0 Å². The lowest BCUT2D eigenvalue weighted by Gasteiger charge is -1.99. The quantitative estimate of drug-likeness (QED) is 0.720. The maximum Gasteiger partial charge on any atom is 0.328 e. The summed E-state index contributed by atoms with van der Waals surface area (Å²) in [6.07, 6.45) is 5.09. The summed E-state index contributed by atoms with van der Waals surface area (Å²) in [5.74, 6) is -0.0913. The summed E-state index contributed by atoms with van der Waals surface area (Å²) in [5, 5.41) is 8.59. The lowest BCUT2D eigenvalue weighted by Crippen LogP contribution is -1.91. The van der Waals surface area contributed by atoms with Gasteiger partial charge in [-0.25, -0.2) is 14.8 Å². The molecule has 21 heavy (non-hydrogen) atoms. The Morgan fingerprint density at radius 3 is 2.76 bits per heavy atom. The number of carbonyl (C=O) groups is 1. The standard InChI is InChI=1S/C16H13N3O2/c20-15(21)8-7-11-3-5-12(6-4-11)10-14-18-13-2-1-9-17-16(13)19-14/h1-9H,10H2,(H,20,21)(H,17,18,19)/b8-7+. The number of H-pyrrole nitrogens is 1. The van der Waals surface area contributed by atoms with Crippen molar-refractivity contribution >= 4 is 23.2 Å². The van der Waals surface area contributed by atoms with E-state index in [1.807, 2.05) is 36.4 Å². The van der Waals surface area contributed by atoms with Gasteiger partial charge in [-0.15, -0.1) is 0 Å². The van der Waals surface area contributed by atoms with E-state index in [0.29, 0.717) is 12.1 Å². The third-order valence-corrected chi connectivity index (χ3v) is 3.08. The highest BCUT2D eigenvalue weighted by Gasteiger charge is 2.04. The van der Waals surface area contributed by atoms with Crippen molar-refractivity contribution in [2.45, 2.75) is 6.42 Å². The molecular formula is C16H13N3O2. The number of nitrogens with one attached hydrogen (secondary N) is 1. The third-order valence-electron chi connectivity index (χ3n) is 3.08. The Morgan fingerprint density at radius 1 is 1.24 bits per heavy atom. The molecule has 0 spiro atoms. The lowest BCUT2D eigenvalue weighted by molar-refractivity contribution is -0.131. The zero-order chi connectivity index (χ0) is 14.7. The van der Waals surface area contributed by atoms with E-state index in [1.54, 1.807) is 12.3 Å². The molecule has 0 bridgehead atoms. The van der Waals surface area contributed by atoms with Gasteiger partial charge >= 0.3 is 5.97 Å². The molecule has 5 nitrogen and oxygen atoms in total. The van der Waals surface area contributed by atoms with Gasteiger partial charge in [0.25, 0.3) is 0 Å². The fraction of sp³-hybridized carbons (Fsp3) is 0.0625. The summed E-state index contributed by atoms with van der Waals surface area (Å²) in [6.45, 7) is 0. The number of carboxylic acids is 1. The fourth-order valence-corrected chi connectivity index (χ4v) is 2.09. The van der Waals surface area contributed by atoms with Crippen LogP contribution in [0.15, 0.2) is 48.7 Å². The van der Waals surface area contributed by atoms with Crippen molar-refractivity contribution in [1.82, 2.24) is 15.0 Å². The molecule has 2 heterocycles. The molecule has 0 amide bonds. The first kappa shape index (κ1) is 13.1. The van der Waals surface area contributed by atoms with E-state index in [2.05, 4.69) is 15.0 Å². The predicted molar refractivity (Wildman–Crippen MR) is 79.8 cm³/mol. The van der Waals surface area contributed by atoms with Crippen molar-refractivity contribution in [1.29, 1.82) is 0 Å². The van der Waals surface area contributed by atoms with Crippen molar-refractivity contribution in [2.75, 3.05) is 0 Å². The molecule has 0 atom stereocenters. The summed E-state index contributed by atoms with van der Waals surface area (Å²) in [4.78, 5) is 22.3. The van der Waals surface area contributed by atoms with Crippen LogP contribution in [0.5, 0.6) is 0 Å². The number of pyridine rings is 1. The van der Waals surface area contributed by atoms with E-state index in [1.165, 1.54) is 0 Å². The topological polar surface area (TPSA) is 78.9 Å². The van der Waals surface area contributed by atoms with E-state index in [9.17, 15) is 4.79 Å². The molecule has 3 aromatic rings. The van der Waals surface area contributed by atoms with E-state index in [4.69, 9.17) is 5.11 Å². The first-order chi connectivity index (χ1) is 10.2. The van der Waals surface area contributed by atoms with Crippen LogP contribution in [0, 0.1) is 0 Å². The van der Waals surface area contributed by atoms with Crippen molar-refractivity contribution in [3.05, 3.63) is 65.6 Å². The number of aromatic nitrogens is 3. The van der Waals surface area contributed by atoms with Crippen molar-refractivity contribution < 1.29 is 9.90 Å². The van der Waals surface area contributed by atoms with Crippen molar-refractivity contribution in [3.8, 4) is 0 Å². The van der Waals surface area contributed by atoms with Gasteiger partial charge in [-0.1, -0.05) is 24.3 Å². The smallest absolute Gasteiger partial charge is 0.328 e. The molecule has 0 aliphatic rings. The molecule has 3 rings (SSSR count). The molecule has 5 heteroatoms. The summed E-state index contributed by atoms with van der Waals surface area (Å²) in [6, 6.07) is 11.5. The van der Waals surface area contributed by atoms with Crippen molar-refractivity contribution in [2.24, 2.45) is 0 Å². The molecule has 0 aliphatic carbocycles. The predicted octanol–water partition coefficient (Wildman–Crippen LogP) is 2.65. The maximum atomic E-state index is 10.5. The minimum absolute atomic E-state index is 0.680. The van der Waals surface area contributed by atoms with Crippen LogP contribution < -0.4 is 0 Å². The number of rotatable bonds is 4. The van der Waals surface area contributed by atoms with E-state index in [-0.39, 0.29) is 0 Å². The molecule has 0 aliphatic heterocycles. The van der Waals surface area contributed by atoms with Crippen LogP contribution in [-0.4, -0.2) is 26.0 Å². The third kappa shape index (κ3) is 3.14. The van der Waals surface area contributed by atoms with Gasteiger partial charge in [0.15, 0.2) is 5.65 Å². The number of aromatic amines is 1. The molecule has 0 saturated carbocycles. The Kier molecular flexibility index (Phi) is 3.47. The summed E-state index contributed by atoms with van der Waals surface area (Å²) < 4.78 is 0. The number of fused-ring (bicyclic) bond motifs is 1. The Hall–Kier alpha value is -2.95. The molecule has 0 saturated heterocycles. The Balaban J connectivity index is 1.77. The normalized spacial score (nSPS) is 11.2. The Morgan fingerprint density at radius 2 is 2.05 bits per heavy atom. The largest absolute Gasteiger partial charge is 0.478 e. The number of nitrogens with zero attached hydrogens (tertiary/aromatic N) is 2. The van der Waals surface area contributed by atoms with Gasteiger partial charge in [-0.3, -0.25) is 0 Å². The Bertz CT molecular complexity index is 771.